The van der Waals surface area contributed by atoms with Crippen molar-refractivity contribution in [2.24, 2.45) is 5.11 Å². The van der Waals surface area contributed by atoms with Crippen LogP contribution in [0.2, 0.25) is 0 Å². The highest BCUT2D eigenvalue weighted by Gasteiger charge is 2.03. The molecule has 0 fully saturated rings. The Morgan fingerprint density at radius 1 is 1.40 bits per heavy atom. The Morgan fingerprint density at radius 2 is 2.13 bits per heavy atom. The van der Waals surface area contributed by atoms with Crippen LogP contribution in [0, 0.1) is 18.6 Å². The van der Waals surface area contributed by atoms with Gasteiger partial charge in [0, 0.05) is 23.1 Å². The Labute approximate surface area is 85.7 Å². The second-order valence-electron chi connectivity index (χ2n) is 2.94. The summed E-state index contributed by atoms with van der Waals surface area (Å²) in [6.45, 7) is 1.70. The molecule has 0 atom stereocenters. The van der Waals surface area contributed by atoms with Crippen molar-refractivity contribution in [3.8, 4) is 0 Å². The number of azide groups is 1. The highest BCUT2D eigenvalue weighted by Crippen LogP contribution is 2.15. The zero-order valence-electron chi connectivity index (χ0n) is 8.11. The second-order valence-corrected chi connectivity index (χ2v) is 2.94. The quantitative estimate of drug-likeness (QED) is 0.415. The molecule has 0 saturated carbocycles. The molecule has 15 heavy (non-hydrogen) atoms. The van der Waals surface area contributed by atoms with Gasteiger partial charge in [0.05, 0.1) is 0 Å². The number of rotatable bonds is 3. The van der Waals surface area contributed by atoms with Crippen molar-refractivity contribution in [3.05, 3.63) is 51.4 Å². The molecule has 0 radical (unpaired) electrons. The van der Waals surface area contributed by atoms with Crippen LogP contribution in [0.5, 0.6) is 0 Å². The Morgan fingerprint density at radius 3 is 2.80 bits per heavy atom. The Kier molecular flexibility index (Phi) is 3.83. The van der Waals surface area contributed by atoms with Gasteiger partial charge in [-0.15, -0.1) is 0 Å². The molecule has 0 aliphatic carbocycles. The number of benzene rings is 1. The summed E-state index contributed by atoms with van der Waals surface area (Å²) in [6, 6.07) is 2.24. The van der Waals surface area contributed by atoms with E-state index in [1.54, 1.807) is 6.92 Å². The van der Waals surface area contributed by atoms with Crippen molar-refractivity contribution in [1.29, 1.82) is 0 Å². The minimum atomic E-state index is -0.629. The maximum Gasteiger partial charge on any atom is 0.133 e. The lowest BCUT2D eigenvalue weighted by Gasteiger charge is -2.00. The van der Waals surface area contributed by atoms with Gasteiger partial charge in [-0.2, -0.15) is 0 Å². The molecule has 78 valence electrons. The summed E-state index contributed by atoms with van der Waals surface area (Å²) >= 11 is 0. The van der Waals surface area contributed by atoms with Gasteiger partial charge in [-0.25, -0.2) is 8.78 Å². The largest absolute Gasteiger partial charge is 0.207 e. The highest BCUT2D eigenvalue weighted by molar-refractivity contribution is 5.51. The summed E-state index contributed by atoms with van der Waals surface area (Å²) in [5.74, 6) is -1.20. The van der Waals surface area contributed by atoms with Crippen molar-refractivity contribution >= 4 is 6.08 Å². The van der Waals surface area contributed by atoms with E-state index in [2.05, 4.69) is 10.0 Å². The molecule has 5 heteroatoms. The van der Waals surface area contributed by atoms with Gasteiger partial charge in [-0.05, 0) is 24.1 Å². The number of hydrogen-bond acceptors (Lipinski definition) is 1. The molecule has 1 aromatic carbocycles. The smallest absolute Gasteiger partial charge is 0.133 e. The van der Waals surface area contributed by atoms with Crippen molar-refractivity contribution in [1.82, 2.24) is 0 Å². The van der Waals surface area contributed by atoms with E-state index in [-0.39, 0.29) is 12.1 Å². The van der Waals surface area contributed by atoms with E-state index in [0.717, 1.165) is 6.07 Å². The molecule has 0 unspecified atom stereocenters. The normalized spacial score (nSPS) is 10.3. The summed E-state index contributed by atoms with van der Waals surface area (Å²) in [5.41, 5.74) is 8.65. The highest BCUT2D eigenvalue weighted by atomic mass is 19.1. The van der Waals surface area contributed by atoms with Crippen LogP contribution < -0.4 is 0 Å². The number of aryl methyl sites for hydroxylation is 1. The van der Waals surface area contributed by atoms with Gasteiger partial charge in [0.1, 0.15) is 11.6 Å². The zero-order chi connectivity index (χ0) is 11.3. The van der Waals surface area contributed by atoms with Crippen molar-refractivity contribution in [2.45, 2.75) is 6.92 Å². The van der Waals surface area contributed by atoms with Crippen molar-refractivity contribution in [2.75, 3.05) is 6.54 Å². The van der Waals surface area contributed by atoms with Gasteiger partial charge >= 0.3 is 0 Å². The van der Waals surface area contributed by atoms with Gasteiger partial charge in [0.15, 0.2) is 0 Å². The minimum Gasteiger partial charge on any atom is -0.207 e. The molecular weight excluding hydrogens is 200 g/mol. The molecule has 0 heterocycles. The van der Waals surface area contributed by atoms with E-state index < -0.39 is 11.6 Å². The molecule has 1 aromatic rings. The van der Waals surface area contributed by atoms with Crippen LogP contribution >= 0.6 is 0 Å². The third kappa shape index (κ3) is 3.07. The monoisotopic (exact) mass is 209 g/mol. The molecule has 0 saturated heterocycles. The number of halogens is 2. The van der Waals surface area contributed by atoms with Crippen LogP contribution in [-0.2, 0) is 0 Å². The second kappa shape index (κ2) is 5.12. The van der Waals surface area contributed by atoms with E-state index in [1.165, 1.54) is 18.2 Å². The van der Waals surface area contributed by atoms with Gasteiger partial charge < -0.3 is 0 Å². The first kappa shape index (κ1) is 11.2. The van der Waals surface area contributed by atoms with Crippen LogP contribution in [0.1, 0.15) is 11.1 Å². The molecule has 0 aliphatic rings. The Balaban J connectivity index is 2.90. The molecule has 3 nitrogen and oxygen atoms in total. The Bertz CT molecular complexity index is 435. The molecule has 0 spiro atoms. The van der Waals surface area contributed by atoms with Crippen molar-refractivity contribution in [3.63, 3.8) is 0 Å². The van der Waals surface area contributed by atoms with Crippen LogP contribution in [0.3, 0.4) is 0 Å². The lowest BCUT2D eigenvalue weighted by atomic mass is 10.1. The summed E-state index contributed by atoms with van der Waals surface area (Å²) < 4.78 is 26.0. The standard InChI is InChI=1S/C10H9F2N3/c1-7-5-8(3-2-4-14-15-13)10(12)6-9(7)11/h2-3,5-6H,4H2,1H3. The maximum atomic E-state index is 13.1. The van der Waals surface area contributed by atoms with Crippen LogP contribution in [0.4, 0.5) is 8.78 Å². The number of nitrogens with zero attached hydrogens (tertiary/aromatic N) is 3. The van der Waals surface area contributed by atoms with E-state index >= 15 is 0 Å². The molecule has 0 aromatic heterocycles. The zero-order valence-corrected chi connectivity index (χ0v) is 8.11. The molecule has 0 bridgehead atoms. The summed E-state index contributed by atoms with van der Waals surface area (Å²) in [5, 5.41) is 3.25. The fraction of sp³-hybridized carbons (Fsp3) is 0.200. The lowest BCUT2D eigenvalue weighted by molar-refractivity contribution is 0.576. The topological polar surface area (TPSA) is 48.8 Å². The summed E-state index contributed by atoms with van der Waals surface area (Å²) in [4.78, 5) is 2.54. The minimum absolute atomic E-state index is 0.145. The van der Waals surface area contributed by atoms with Crippen molar-refractivity contribution < 1.29 is 8.78 Å². The third-order valence-electron chi connectivity index (χ3n) is 1.83. The van der Waals surface area contributed by atoms with Crippen LogP contribution in [0.25, 0.3) is 16.5 Å². The van der Waals surface area contributed by atoms with E-state index in [0.29, 0.717) is 5.56 Å². The molecule has 0 N–H and O–H groups in total. The fourth-order valence-electron chi connectivity index (χ4n) is 1.07. The first-order valence-electron chi connectivity index (χ1n) is 4.28. The average molecular weight is 209 g/mol. The van der Waals surface area contributed by atoms with Gasteiger partial charge in [0.25, 0.3) is 0 Å². The van der Waals surface area contributed by atoms with E-state index in [1.807, 2.05) is 0 Å². The summed E-state index contributed by atoms with van der Waals surface area (Å²) in [6.07, 6.45) is 2.96. The van der Waals surface area contributed by atoms with Gasteiger partial charge in [-0.1, -0.05) is 17.3 Å². The lowest BCUT2D eigenvalue weighted by Crippen LogP contribution is -1.89. The van der Waals surface area contributed by atoms with Crippen LogP contribution in [-0.4, -0.2) is 6.54 Å². The predicted octanol–water partition coefficient (Wildman–Crippen LogP) is 3.60. The third-order valence-corrected chi connectivity index (χ3v) is 1.83. The molecular formula is C10H9F2N3. The Hall–Kier alpha value is -1.87. The number of hydrogen-bond donors (Lipinski definition) is 0. The van der Waals surface area contributed by atoms with Gasteiger partial charge in [0.2, 0.25) is 0 Å². The van der Waals surface area contributed by atoms with Crippen LogP contribution in [0.15, 0.2) is 23.3 Å². The predicted molar refractivity (Wildman–Crippen MR) is 54.1 cm³/mol. The first-order valence-corrected chi connectivity index (χ1v) is 4.28. The summed E-state index contributed by atoms with van der Waals surface area (Å²) in [7, 11) is 0. The average Bonchev–Trinajstić information content (AvgIpc) is 2.20. The van der Waals surface area contributed by atoms with Gasteiger partial charge in [-0.3, -0.25) is 0 Å². The fourth-order valence-corrected chi connectivity index (χ4v) is 1.07. The first-order chi connectivity index (χ1) is 7.15. The molecule has 1 rings (SSSR count). The molecule has 0 aliphatic heterocycles. The molecule has 0 amide bonds. The maximum absolute atomic E-state index is 13.1. The van der Waals surface area contributed by atoms with E-state index in [4.69, 9.17) is 5.53 Å². The SMILES string of the molecule is Cc1cc(C=CCN=[N+]=[N-])c(F)cc1F. The van der Waals surface area contributed by atoms with E-state index in [9.17, 15) is 8.78 Å².